The number of aliphatic hydroxyl groups is 1. The van der Waals surface area contributed by atoms with Crippen LogP contribution in [0.5, 0.6) is 0 Å². The zero-order chi connectivity index (χ0) is 21.5. The van der Waals surface area contributed by atoms with Crippen molar-refractivity contribution in [1.29, 1.82) is 0 Å². The number of nitrogens with zero attached hydrogens (tertiary/aromatic N) is 3. The number of hydrogen-bond acceptors (Lipinski definition) is 3. The monoisotopic (exact) mass is 441 g/mol. The fourth-order valence-electron chi connectivity index (χ4n) is 4.73. The summed E-state index contributed by atoms with van der Waals surface area (Å²) in [6.45, 7) is 1.14. The van der Waals surface area contributed by atoms with Crippen molar-refractivity contribution in [3.63, 3.8) is 0 Å². The van der Waals surface area contributed by atoms with Crippen molar-refractivity contribution in [3.05, 3.63) is 64.7 Å². The fraction of sp³-hybridized carbons (Fsp3) is 0.417. The SMILES string of the molecule is O=C(C(O)c1ccc(Cl)cc1)N1CCC(n2c(C3CCC3)nc3cc(F)ccc32)CC1. The van der Waals surface area contributed by atoms with Crippen LogP contribution in [0.3, 0.4) is 0 Å². The van der Waals surface area contributed by atoms with Crippen LogP contribution in [-0.4, -0.2) is 38.6 Å². The first-order chi connectivity index (χ1) is 15.0. The van der Waals surface area contributed by atoms with Crippen molar-refractivity contribution in [3.8, 4) is 0 Å². The number of halogens is 2. The van der Waals surface area contributed by atoms with Gasteiger partial charge >= 0.3 is 0 Å². The molecule has 2 fully saturated rings. The molecular formula is C24H25ClFN3O2. The van der Waals surface area contributed by atoms with Gasteiger partial charge in [0, 0.05) is 36.1 Å². The summed E-state index contributed by atoms with van der Waals surface area (Å²) in [5.41, 5.74) is 2.22. The lowest BCUT2D eigenvalue weighted by atomic mass is 9.84. The predicted octanol–water partition coefficient (Wildman–Crippen LogP) is 4.99. The number of carbonyl (C=O) groups excluding carboxylic acids is 1. The maximum absolute atomic E-state index is 13.8. The number of imidazole rings is 1. The maximum atomic E-state index is 13.8. The van der Waals surface area contributed by atoms with Gasteiger partial charge in [0.1, 0.15) is 11.6 Å². The van der Waals surface area contributed by atoms with E-state index in [1.807, 2.05) is 6.07 Å². The minimum Gasteiger partial charge on any atom is -0.378 e. The number of likely N-dealkylation sites (tertiary alicyclic amines) is 1. The van der Waals surface area contributed by atoms with E-state index in [1.165, 1.54) is 18.6 Å². The average Bonchev–Trinajstić information content (AvgIpc) is 3.09. The third-order valence-electron chi connectivity index (χ3n) is 6.71. The van der Waals surface area contributed by atoms with E-state index in [2.05, 4.69) is 4.57 Å². The molecule has 5 rings (SSSR count). The largest absolute Gasteiger partial charge is 0.378 e. The van der Waals surface area contributed by atoms with Crippen LogP contribution in [0.25, 0.3) is 11.0 Å². The fourth-order valence-corrected chi connectivity index (χ4v) is 4.86. The summed E-state index contributed by atoms with van der Waals surface area (Å²) in [5.74, 6) is 0.936. The molecule has 2 heterocycles. The van der Waals surface area contributed by atoms with Crippen molar-refractivity contribution < 1.29 is 14.3 Å². The smallest absolute Gasteiger partial charge is 0.256 e. The molecule has 1 unspecified atom stereocenters. The first kappa shape index (κ1) is 20.5. The van der Waals surface area contributed by atoms with E-state index in [0.717, 1.165) is 37.0 Å². The molecule has 7 heteroatoms. The molecule has 0 spiro atoms. The lowest BCUT2D eigenvalue weighted by Gasteiger charge is -2.36. The minimum absolute atomic E-state index is 0.211. The van der Waals surface area contributed by atoms with Gasteiger partial charge in [0.15, 0.2) is 6.10 Å². The van der Waals surface area contributed by atoms with Gasteiger partial charge in [-0.1, -0.05) is 30.2 Å². The Labute approximate surface area is 185 Å². The Morgan fingerprint density at radius 3 is 2.45 bits per heavy atom. The number of aliphatic hydroxyl groups excluding tert-OH is 1. The number of carbonyl (C=O) groups is 1. The highest BCUT2D eigenvalue weighted by Crippen LogP contribution is 2.40. The lowest BCUT2D eigenvalue weighted by molar-refractivity contribution is -0.141. The molecule has 1 aliphatic heterocycles. The van der Waals surface area contributed by atoms with Gasteiger partial charge in [0.25, 0.3) is 5.91 Å². The second-order valence-corrected chi connectivity index (χ2v) is 9.05. The molecular weight excluding hydrogens is 417 g/mol. The van der Waals surface area contributed by atoms with Crippen molar-refractivity contribution >= 4 is 28.5 Å². The number of benzene rings is 2. The molecule has 162 valence electrons. The predicted molar refractivity (Wildman–Crippen MR) is 118 cm³/mol. The molecule has 0 radical (unpaired) electrons. The highest BCUT2D eigenvalue weighted by Gasteiger charge is 2.33. The van der Waals surface area contributed by atoms with Crippen molar-refractivity contribution in [1.82, 2.24) is 14.5 Å². The van der Waals surface area contributed by atoms with Crippen LogP contribution in [0.1, 0.15) is 61.6 Å². The summed E-state index contributed by atoms with van der Waals surface area (Å²) in [5, 5.41) is 11.1. The van der Waals surface area contributed by atoms with Gasteiger partial charge in [0.05, 0.1) is 11.0 Å². The van der Waals surface area contributed by atoms with Crippen molar-refractivity contribution in [2.24, 2.45) is 0 Å². The van der Waals surface area contributed by atoms with Crippen molar-refractivity contribution in [2.75, 3.05) is 13.1 Å². The van der Waals surface area contributed by atoms with E-state index < -0.39 is 6.10 Å². The summed E-state index contributed by atoms with van der Waals surface area (Å²) < 4.78 is 16.1. The molecule has 5 nitrogen and oxygen atoms in total. The highest BCUT2D eigenvalue weighted by atomic mass is 35.5. The van der Waals surface area contributed by atoms with E-state index >= 15 is 0 Å². The molecule has 1 atom stereocenters. The van der Waals surface area contributed by atoms with Gasteiger partial charge < -0.3 is 14.6 Å². The summed E-state index contributed by atoms with van der Waals surface area (Å²) in [6, 6.07) is 11.7. The average molecular weight is 442 g/mol. The molecule has 1 saturated carbocycles. The van der Waals surface area contributed by atoms with Crippen LogP contribution < -0.4 is 0 Å². The topological polar surface area (TPSA) is 58.4 Å². The van der Waals surface area contributed by atoms with Gasteiger partial charge in [-0.15, -0.1) is 0 Å². The summed E-state index contributed by atoms with van der Waals surface area (Å²) in [7, 11) is 0. The Kier molecular flexibility index (Phi) is 5.44. The number of aromatic nitrogens is 2. The standard InChI is InChI=1S/C24H25ClFN3O2/c25-17-6-4-15(5-7-17)22(30)24(31)28-12-10-19(11-13-28)29-21-9-8-18(26)14-20(21)27-23(29)16-2-1-3-16/h4-9,14,16,19,22,30H,1-3,10-13H2. The van der Waals surface area contributed by atoms with Crippen LogP contribution in [0.4, 0.5) is 4.39 Å². The maximum Gasteiger partial charge on any atom is 0.256 e. The van der Waals surface area contributed by atoms with Crippen LogP contribution in [0.15, 0.2) is 42.5 Å². The van der Waals surface area contributed by atoms with Gasteiger partial charge in [-0.2, -0.15) is 0 Å². The first-order valence-corrected chi connectivity index (χ1v) is 11.3. The Morgan fingerprint density at radius 2 is 1.81 bits per heavy atom. The molecule has 2 aromatic carbocycles. The van der Waals surface area contributed by atoms with E-state index in [0.29, 0.717) is 35.1 Å². The van der Waals surface area contributed by atoms with E-state index in [-0.39, 0.29) is 17.8 Å². The molecule has 1 amide bonds. The third kappa shape index (κ3) is 3.83. The number of fused-ring (bicyclic) bond motifs is 1. The zero-order valence-electron chi connectivity index (χ0n) is 17.2. The van der Waals surface area contributed by atoms with Crippen LogP contribution in [0, 0.1) is 5.82 Å². The summed E-state index contributed by atoms with van der Waals surface area (Å²) >= 11 is 5.90. The molecule has 1 aliphatic carbocycles. The Balaban J connectivity index is 1.34. The quantitative estimate of drug-likeness (QED) is 0.620. The Morgan fingerprint density at radius 1 is 1.10 bits per heavy atom. The molecule has 1 aromatic heterocycles. The highest BCUT2D eigenvalue weighted by molar-refractivity contribution is 6.30. The van der Waals surface area contributed by atoms with E-state index in [1.54, 1.807) is 29.2 Å². The van der Waals surface area contributed by atoms with Gasteiger partial charge in [-0.05, 0) is 55.5 Å². The third-order valence-corrected chi connectivity index (χ3v) is 6.96. The molecule has 1 N–H and O–H groups in total. The molecule has 31 heavy (non-hydrogen) atoms. The van der Waals surface area contributed by atoms with Crippen LogP contribution in [0.2, 0.25) is 5.02 Å². The number of amides is 1. The summed E-state index contributed by atoms with van der Waals surface area (Å²) in [4.78, 5) is 19.4. The number of rotatable bonds is 4. The molecule has 3 aromatic rings. The van der Waals surface area contributed by atoms with Crippen LogP contribution in [-0.2, 0) is 4.79 Å². The second kappa shape index (κ2) is 8.24. The van der Waals surface area contributed by atoms with Crippen molar-refractivity contribution in [2.45, 2.75) is 50.2 Å². The van der Waals surface area contributed by atoms with Gasteiger partial charge in [-0.25, -0.2) is 9.37 Å². The van der Waals surface area contributed by atoms with E-state index in [9.17, 15) is 14.3 Å². The van der Waals surface area contributed by atoms with Gasteiger partial charge in [0.2, 0.25) is 0 Å². The Hall–Kier alpha value is -2.44. The minimum atomic E-state index is -1.18. The normalized spacial score (nSPS) is 18.9. The van der Waals surface area contributed by atoms with Crippen LogP contribution >= 0.6 is 11.6 Å². The number of hydrogen-bond donors (Lipinski definition) is 1. The first-order valence-electron chi connectivity index (χ1n) is 10.9. The molecule has 1 saturated heterocycles. The summed E-state index contributed by atoms with van der Waals surface area (Å²) in [6.07, 6.45) is 3.82. The molecule has 0 bridgehead atoms. The van der Waals surface area contributed by atoms with Gasteiger partial charge in [-0.3, -0.25) is 4.79 Å². The Bertz CT molecular complexity index is 1100. The molecule has 2 aliphatic rings. The lowest BCUT2D eigenvalue weighted by Crippen LogP contribution is -2.41. The zero-order valence-corrected chi connectivity index (χ0v) is 17.9. The number of piperidine rings is 1. The van der Waals surface area contributed by atoms with E-state index in [4.69, 9.17) is 16.6 Å². The second-order valence-electron chi connectivity index (χ2n) is 8.61.